The first-order chi connectivity index (χ1) is 11.3. The molecule has 3 heterocycles. The predicted molar refractivity (Wildman–Crippen MR) is 94.9 cm³/mol. The van der Waals surface area contributed by atoms with Crippen LogP contribution in [0.1, 0.15) is 23.0 Å². The SMILES string of the molecule is Cc1[nH]c2ccccc2c1[C@@H](Nc1nccs1)c1ccccn1. The molecule has 0 bridgehead atoms. The molecule has 0 amide bonds. The average Bonchev–Trinajstić information content (AvgIpc) is 3.20. The van der Waals surface area contributed by atoms with Gasteiger partial charge in [-0.05, 0) is 25.1 Å². The Bertz CT molecular complexity index is 913. The van der Waals surface area contributed by atoms with Gasteiger partial charge >= 0.3 is 0 Å². The van der Waals surface area contributed by atoms with E-state index in [1.54, 1.807) is 11.3 Å². The van der Waals surface area contributed by atoms with E-state index in [-0.39, 0.29) is 6.04 Å². The maximum Gasteiger partial charge on any atom is 0.183 e. The maximum atomic E-state index is 4.56. The van der Waals surface area contributed by atoms with Gasteiger partial charge in [0.25, 0.3) is 0 Å². The molecule has 0 saturated carbocycles. The Kier molecular flexibility index (Phi) is 3.55. The fourth-order valence-electron chi connectivity index (χ4n) is 2.93. The van der Waals surface area contributed by atoms with Crippen LogP contribution in [0.25, 0.3) is 10.9 Å². The molecule has 0 spiro atoms. The summed E-state index contributed by atoms with van der Waals surface area (Å²) in [5.74, 6) is 0. The molecular formula is C18H16N4S. The number of fused-ring (bicyclic) bond motifs is 1. The molecule has 3 aromatic heterocycles. The topological polar surface area (TPSA) is 53.6 Å². The number of rotatable bonds is 4. The third kappa shape index (κ3) is 2.59. The zero-order valence-corrected chi connectivity index (χ0v) is 13.5. The molecule has 4 nitrogen and oxygen atoms in total. The molecule has 4 rings (SSSR count). The number of para-hydroxylation sites is 1. The predicted octanol–water partition coefficient (Wildman–Crippen LogP) is 4.53. The minimum absolute atomic E-state index is 0.0431. The Balaban J connectivity index is 1.88. The molecule has 2 N–H and O–H groups in total. The number of pyridine rings is 1. The number of H-pyrrole nitrogens is 1. The summed E-state index contributed by atoms with van der Waals surface area (Å²) in [7, 11) is 0. The van der Waals surface area contributed by atoms with E-state index < -0.39 is 0 Å². The number of benzene rings is 1. The number of hydrogen-bond donors (Lipinski definition) is 2. The van der Waals surface area contributed by atoms with Crippen LogP contribution in [0.4, 0.5) is 5.13 Å². The maximum absolute atomic E-state index is 4.56. The van der Waals surface area contributed by atoms with Gasteiger partial charge in [0.2, 0.25) is 0 Å². The number of hydrogen-bond acceptors (Lipinski definition) is 4. The van der Waals surface area contributed by atoms with E-state index in [0.717, 1.165) is 22.0 Å². The van der Waals surface area contributed by atoms with Crippen molar-refractivity contribution < 1.29 is 0 Å². The van der Waals surface area contributed by atoms with Crippen LogP contribution in [0, 0.1) is 6.92 Å². The summed E-state index contributed by atoms with van der Waals surface area (Å²) >= 11 is 1.59. The molecule has 114 valence electrons. The molecule has 5 heteroatoms. The number of aromatic amines is 1. The minimum Gasteiger partial charge on any atom is -0.358 e. The lowest BCUT2D eigenvalue weighted by Gasteiger charge is -2.18. The van der Waals surface area contributed by atoms with Gasteiger partial charge in [0.05, 0.1) is 11.7 Å². The molecule has 1 aromatic carbocycles. The molecule has 0 fully saturated rings. The second kappa shape index (κ2) is 5.85. The van der Waals surface area contributed by atoms with Crippen molar-refractivity contribution in [3.63, 3.8) is 0 Å². The molecule has 0 saturated heterocycles. The molecule has 1 atom stereocenters. The Morgan fingerprint density at radius 3 is 2.70 bits per heavy atom. The highest BCUT2D eigenvalue weighted by molar-refractivity contribution is 7.13. The van der Waals surface area contributed by atoms with Gasteiger partial charge in [-0.1, -0.05) is 24.3 Å². The fraction of sp³-hybridized carbons (Fsp3) is 0.111. The average molecular weight is 320 g/mol. The summed E-state index contributed by atoms with van der Waals surface area (Å²) in [6, 6.07) is 14.3. The molecule has 4 aromatic rings. The molecule has 23 heavy (non-hydrogen) atoms. The number of aromatic nitrogens is 3. The van der Waals surface area contributed by atoms with Gasteiger partial charge in [0.1, 0.15) is 0 Å². The number of thiazole rings is 1. The van der Waals surface area contributed by atoms with Crippen LogP contribution in [0.2, 0.25) is 0 Å². The fourth-order valence-corrected chi connectivity index (χ4v) is 3.49. The zero-order chi connectivity index (χ0) is 15.6. The zero-order valence-electron chi connectivity index (χ0n) is 12.7. The molecule has 0 aliphatic heterocycles. The van der Waals surface area contributed by atoms with E-state index in [9.17, 15) is 0 Å². The quantitative estimate of drug-likeness (QED) is 0.581. The van der Waals surface area contributed by atoms with E-state index in [1.807, 2.05) is 42.0 Å². The van der Waals surface area contributed by atoms with Crippen LogP contribution < -0.4 is 5.32 Å². The third-order valence-corrected chi connectivity index (χ3v) is 4.62. The highest BCUT2D eigenvalue weighted by Gasteiger charge is 2.22. The van der Waals surface area contributed by atoms with E-state index in [1.165, 1.54) is 10.9 Å². The van der Waals surface area contributed by atoms with Gasteiger partial charge in [0, 0.05) is 39.9 Å². The summed E-state index contributed by atoms with van der Waals surface area (Å²) in [5.41, 5.74) is 4.48. The smallest absolute Gasteiger partial charge is 0.183 e. The number of nitrogens with one attached hydrogen (secondary N) is 2. The van der Waals surface area contributed by atoms with Crippen LogP contribution in [0.5, 0.6) is 0 Å². The van der Waals surface area contributed by atoms with Gasteiger partial charge in [-0.3, -0.25) is 4.98 Å². The van der Waals surface area contributed by atoms with Gasteiger partial charge in [0.15, 0.2) is 5.13 Å². The first-order valence-electron chi connectivity index (χ1n) is 7.47. The van der Waals surface area contributed by atoms with Crippen molar-refractivity contribution >= 4 is 27.4 Å². The van der Waals surface area contributed by atoms with Crippen molar-refractivity contribution in [3.8, 4) is 0 Å². The normalized spacial score (nSPS) is 12.4. The molecular weight excluding hydrogens is 304 g/mol. The van der Waals surface area contributed by atoms with Crippen molar-refractivity contribution in [1.29, 1.82) is 0 Å². The van der Waals surface area contributed by atoms with Crippen LogP contribution >= 0.6 is 11.3 Å². The summed E-state index contributed by atoms with van der Waals surface area (Å²) in [5, 5.41) is 7.61. The second-order valence-corrected chi connectivity index (χ2v) is 6.27. The molecule has 0 unspecified atom stereocenters. The first-order valence-corrected chi connectivity index (χ1v) is 8.35. The Morgan fingerprint density at radius 2 is 1.91 bits per heavy atom. The molecule has 0 radical (unpaired) electrons. The number of anilines is 1. The van der Waals surface area contributed by atoms with E-state index in [4.69, 9.17) is 0 Å². The van der Waals surface area contributed by atoms with Gasteiger partial charge in [-0.15, -0.1) is 11.3 Å². The highest BCUT2D eigenvalue weighted by Crippen LogP contribution is 2.34. The second-order valence-electron chi connectivity index (χ2n) is 5.38. The lowest BCUT2D eigenvalue weighted by Crippen LogP contribution is -2.14. The number of nitrogens with zero attached hydrogens (tertiary/aromatic N) is 2. The van der Waals surface area contributed by atoms with E-state index >= 15 is 0 Å². The van der Waals surface area contributed by atoms with E-state index in [0.29, 0.717) is 0 Å². The third-order valence-electron chi connectivity index (χ3n) is 3.92. The van der Waals surface area contributed by atoms with Crippen LogP contribution in [0.15, 0.2) is 60.2 Å². The lowest BCUT2D eigenvalue weighted by molar-refractivity contribution is 0.881. The lowest BCUT2D eigenvalue weighted by atomic mass is 10.00. The van der Waals surface area contributed by atoms with Crippen molar-refractivity contribution in [3.05, 3.63) is 77.2 Å². The summed E-state index contributed by atoms with van der Waals surface area (Å²) < 4.78 is 0. The molecule has 0 aliphatic rings. The van der Waals surface area contributed by atoms with Gasteiger partial charge in [-0.2, -0.15) is 0 Å². The van der Waals surface area contributed by atoms with Crippen molar-refractivity contribution in [2.45, 2.75) is 13.0 Å². The van der Waals surface area contributed by atoms with Crippen molar-refractivity contribution in [2.75, 3.05) is 5.32 Å². The first kappa shape index (κ1) is 14.0. The van der Waals surface area contributed by atoms with Crippen molar-refractivity contribution in [2.24, 2.45) is 0 Å². The minimum atomic E-state index is -0.0431. The summed E-state index contributed by atoms with van der Waals surface area (Å²) in [6.07, 6.45) is 3.64. The van der Waals surface area contributed by atoms with Gasteiger partial charge in [-0.25, -0.2) is 4.98 Å². The van der Waals surface area contributed by atoms with Gasteiger partial charge < -0.3 is 10.3 Å². The Morgan fingerprint density at radius 1 is 1.04 bits per heavy atom. The number of aryl methyl sites for hydroxylation is 1. The van der Waals surface area contributed by atoms with Crippen LogP contribution in [0.3, 0.4) is 0 Å². The van der Waals surface area contributed by atoms with Crippen LogP contribution in [-0.4, -0.2) is 15.0 Å². The van der Waals surface area contributed by atoms with Crippen molar-refractivity contribution in [1.82, 2.24) is 15.0 Å². The Hall–Kier alpha value is -2.66. The van der Waals surface area contributed by atoms with Crippen LogP contribution in [-0.2, 0) is 0 Å². The monoisotopic (exact) mass is 320 g/mol. The highest BCUT2D eigenvalue weighted by atomic mass is 32.1. The van der Waals surface area contributed by atoms with E-state index in [2.05, 4.69) is 45.4 Å². The summed E-state index contributed by atoms with van der Waals surface area (Å²) in [4.78, 5) is 12.4. The molecule has 0 aliphatic carbocycles. The summed E-state index contributed by atoms with van der Waals surface area (Å²) in [6.45, 7) is 2.11. The Labute approximate surface area is 138 Å². The largest absolute Gasteiger partial charge is 0.358 e. The standard InChI is InChI=1S/C18H16N4S/c1-12-16(13-6-2-3-7-14(13)21-12)17(15-8-4-5-9-19-15)22-18-20-10-11-23-18/h2-11,17,21H,1H3,(H,20,22)/t17-/m0/s1.